The molecule has 7 heteroatoms. The van der Waals surface area contributed by atoms with E-state index in [0.29, 0.717) is 30.4 Å². The van der Waals surface area contributed by atoms with Crippen molar-refractivity contribution in [1.82, 2.24) is 19.4 Å². The number of halogens is 1. The van der Waals surface area contributed by atoms with Gasteiger partial charge in [0.05, 0.1) is 5.69 Å². The SMILES string of the molecule is Cc1nc(C)c(F)c(N2CCN(Cc3ccn(C)c(=O)c3)CC2)n1. The van der Waals surface area contributed by atoms with Crippen LogP contribution in [-0.4, -0.2) is 45.6 Å². The van der Waals surface area contributed by atoms with E-state index in [1.54, 1.807) is 37.7 Å². The van der Waals surface area contributed by atoms with Gasteiger partial charge in [0.15, 0.2) is 11.6 Å². The van der Waals surface area contributed by atoms with E-state index >= 15 is 0 Å². The molecule has 24 heavy (non-hydrogen) atoms. The number of aromatic nitrogens is 3. The summed E-state index contributed by atoms with van der Waals surface area (Å²) in [5.41, 5.74) is 1.40. The van der Waals surface area contributed by atoms with E-state index in [0.717, 1.165) is 25.2 Å². The van der Waals surface area contributed by atoms with E-state index in [2.05, 4.69) is 14.9 Å². The average Bonchev–Trinajstić information content (AvgIpc) is 2.55. The number of nitrogens with zero attached hydrogens (tertiary/aromatic N) is 5. The van der Waals surface area contributed by atoms with Gasteiger partial charge in [0.1, 0.15) is 5.82 Å². The summed E-state index contributed by atoms with van der Waals surface area (Å²) >= 11 is 0. The molecule has 1 aliphatic heterocycles. The third-order valence-corrected chi connectivity index (χ3v) is 4.36. The van der Waals surface area contributed by atoms with Crippen molar-refractivity contribution >= 4 is 5.82 Å². The lowest BCUT2D eigenvalue weighted by Crippen LogP contribution is -2.46. The molecule has 1 aliphatic rings. The zero-order chi connectivity index (χ0) is 17.3. The van der Waals surface area contributed by atoms with Crippen molar-refractivity contribution in [1.29, 1.82) is 0 Å². The van der Waals surface area contributed by atoms with Gasteiger partial charge in [-0.15, -0.1) is 0 Å². The highest BCUT2D eigenvalue weighted by atomic mass is 19.1. The molecule has 0 saturated carbocycles. The Labute approximate surface area is 140 Å². The molecule has 3 heterocycles. The average molecular weight is 331 g/mol. The third kappa shape index (κ3) is 3.46. The normalized spacial score (nSPS) is 15.8. The van der Waals surface area contributed by atoms with Gasteiger partial charge in [-0.05, 0) is 25.5 Å². The summed E-state index contributed by atoms with van der Waals surface area (Å²) in [5.74, 6) is 0.653. The van der Waals surface area contributed by atoms with Crippen molar-refractivity contribution in [2.75, 3.05) is 31.1 Å². The first-order valence-corrected chi connectivity index (χ1v) is 8.07. The van der Waals surface area contributed by atoms with E-state index in [9.17, 15) is 9.18 Å². The first-order valence-electron chi connectivity index (χ1n) is 8.07. The summed E-state index contributed by atoms with van der Waals surface area (Å²) in [6.07, 6.45) is 1.79. The van der Waals surface area contributed by atoms with Crippen LogP contribution in [0.15, 0.2) is 23.1 Å². The minimum atomic E-state index is -0.333. The van der Waals surface area contributed by atoms with Crippen LogP contribution in [0, 0.1) is 19.7 Å². The lowest BCUT2D eigenvalue weighted by Gasteiger charge is -2.35. The van der Waals surface area contributed by atoms with Crippen LogP contribution in [0.5, 0.6) is 0 Å². The predicted octanol–water partition coefficient (Wildman–Crippen LogP) is 1.25. The lowest BCUT2D eigenvalue weighted by atomic mass is 10.2. The summed E-state index contributed by atoms with van der Waals surface area (Å²) in [5, 5.41) is 0. The number of hydrogen-bond donors (Lipinski definition) is 0. The maximum Gasteiger partial charge on any atom is 0.250 e. The lowest BCUT2D eigenvalue weighted by molar-refractivity contribution is 0.248. The van der Waals surface area contributed by atoms with Gasteiger partial charge in [-0.25, -0.2) is 14.4 Å². The summed E-state index contributed by atoms with van der Waals surface area (Å²) in [4.78, 5) is 24.3. The van der Waals surface area contributed by atoms with Crippen molar-refractivity contribution in [2.45, 2.75) is 20.4 Å². The molecular formula is C17H22FN5O. The van der Waals surface area contributed by atoms with E-state index in [4.69, 9.17) is 0 Å². The fraction of sp³-hybridized carbons (Fsp3) is 0.471. The summed E-state index contributed by atoms with van der Waals surface area (Å²) in [7, 11) is 1.74. The molecule has 2 aromatic heterocycles. The van der Waals surface area contributed by atoms with Crippen LogP contribution in [0.4, 0.5) is 10.2 Å². The Bertz CT molecular complexity index is 796. The highest BCUT2D eigenvalue weighted by molar-refractivity contribution is 5.42. The van der Waals surface area contributed by atoms with E-state index in [1.807, 2.05) is 11.0 Å². The van der Waals surface area contributed by atoms with Crippen LogP contribution < -0.4 is 10.5 Å². The van der Waals surface area contributed by atoms with Gasteiger partial charge in [-0.3, -0.25) is 9.69 Å². The van der Waals surface area contributed by atoms with Gasteiger partial charge in [0, 0.05) is 52.0 Å². The molecule has 0 bridgehead atoms. The Hall–Kier alpha value is -2.28. The standard InChI is InChI=1S/C17H22FN5O/c1-12-16(18)17(20-13(2)19-12)23-8-6-22(7-9-23)11-14-4-5-21(3)15(24)10-14/h4-5,10H,6-9,11H2,1-3H3. The Morgan fingerprint density at radius 2 is 1.88 bits per heavy atom. The van der Waals surface area contributed by atoms with Crippen LogP contribution in [-0.2, 0) is 13.6 Å². The predicted molar refractivity (Wildman–Crippen MR) is 90.6 cm³/mol. The number of piperazine rings is 1. The number of pyridine rings is 1. The van der Waals surface area contributed by atoms with Crippen LogP contribution in [0.1, 0.15) is 17.1 Å². The zero-order valence-electron chi connectivity index (χ0n) is 14.3. The quantitative estimate of drug-likeness (QED) is 0.847. The van der Waals surface area contributed by atoms with Crippen molar-refractivity contribution in [3.05, 3.63) is 51.6 Å². The second-order valence-electron chi connectivity index (χ2n) is 6.24. The van der Waals surface area contributed by atoms with Crippen molar-refractivity contribution in [2.24, 2.45) is 7.05 Å². The van der Waals surface area contributed by atoms with Gasteiger partial charge < -0.3 is 9.47 Å². The first kappa shape index (κ1) is 16.6. The maximum atomic E-state index is 14.3. The second kappa shape index (κ2) is 6.68. The minimum Gasteiger partial charge on any atom is -0.352 e. The van der Waals surface area contributed by atoms with Crippen molar-refractivity contribution in [3.63, 3.8) is 0 Å². The van der Waals surface area contributed by atoms with Crippen LogP contribution >= 0.6 is 0 Å². The summed E-state index contributed by atoms with van der Waals surface area (Å²) < 4.78 is 15.8. The Balaban J connectivity index is 1.65. The van der Waals surface area contributed by atoms with Crippen molar-refractivity contribution in [3.8, 4) is 0 Å². The fourth-order valence-electron chi connectivity index (χ4n) is 2.95. The molecule has 128 valence electrons. The van der Waals surface area contributed by atoms with Crippen LogP contribution in [0.3, 0.4) is 0 Å². The number of hydrogen-bond acceptors (Lipinski definition) is 5. The van der Waals surface area contributed by atoms with E-state index in [-0.39, 0.29) is 11.4 Å². The molecule has 0 amide bonds. The molecule has 6 nitrogen and oxygen atoms in total. The Kier molecular flexibility index (Phi) is 4.62. The molecule has 0 radical (unpaired) electrons. The molecular weight excluding hydrogens is 309 g/mol. The number of anilines is 1. The number of rotatable bonds is 3. The molecule has 3 rings (SSSR count). The van der Waals surface area contributed by atoms with Crippen LogP contribution in [0.25, 0.3) is 0 Å². The van der Waals surface area contributed by atoms with E-state index < -0.39 is 0 Å². The monoisotopic (exact) mass is 331 g/mol. The molecule has 0 N–H and O–H groups in total. The largest absolute Gasteiger partial charge is 0.352 e. The van der Waals surface area contributed by atoms with Gasteiger partial charge in [-0.2, -0.15) is 0 Å². The zero-order valence-corrected chi connectivity index (χ0v) is 14.3. The summed E-state index contributed by atoms with van der Waals surface area (Å²) in [6.45, 7) is 7.19. The molecule has 1 fully saturated rings. The highest BCUT2D eigenvalue weighted by Gasteiger charge is 2.22. The topological polar surface area (TPSA) is 54.3 Å². The van der Waals surface area contributed by atoms with Gasteiger partial charge >= 0.3 is 0 Å². The fourth-order valence-corrected chi connectivity index (χ4v) is 2.95. The van der Waals surface area contributed by atoms with Gasteiger partial charge in [0.25, 0.3) is 5.56 Å². The van der Waals surface area contributed by atoms with Gasteiger partial charge in [-0.1, -0.05) is 0 Å². The summed E-state index contributed by atoms with van der Waals surface area (Å²) in [6, 6.07) is 3.63. The first-order chi connectivity index (χ1) is 11.4. The Morgan fingerprint density at radius 1 is 1.17 bits per heavy atom. The third-order valence-electron chi connectivity index (χ3n) is 4.36. The molecule has 0 spiro atoms. The molecule has 0 atom stereocenters. The second-order valence-corrected chi connectivity index (χ2v) is 6.24. The minimum absolute atomic E-state index is 0.000132. The van der Waals surface area contributed by atoms with E-state index in [1.165, 1.54) is 0 Å². The van der Waals surface area contributed by atoms with Crippen molar-refractivity contribution < 1.29 is 4.39 Å². The highest BCUT2D eigenvalue weighted by Crippen LogP contribution is 2.20. The Morgan fingerprint density at radius 3 is 2.54 bits per heavy atom. The van der Waals surface area contributed by atoms with Gasteiger partial charge in [0.2, 0.25) is 0 Å². The molecule has 0 aromatic carbocycles. The molecule has 2 aromatic rings. The molecule has 0 aliphatic carbocycles. The number of aryl methyl sites for hydroxylation is 3. The molecule has 1 saturated heterocycles. The molecule has 0 unspecified atom stereocenters. The maximum absolute atomic E-state index is 14.3. The van der Waals surface area contributed by atoms with Crippen LogP contribution in [0.2, 0.25) is 0 Å². The smallest absolute Gasteiger partial charge is 0.250 e.